The highest BCUT2D eigenvalue weighted by Crippen LogP contribution is 2.22. The molecular weight excluding hydrogens is 410 g/mol. The Hall–Kier alpha value is -2.19. The van der Waals surface area contributed by atoms with Crippen LogP contribution in [0.3, 0.4) is 0 Å². The highest BCUT2D eigenvalue weighted by molar-refractivity contribution is 7.98. The molecule has 2 heterocycles. The van der Waals surface area contributed by atoms with Crippen molar-refractivity contribution < 1.29 is 4.52 Å². The molecule has 8 heteroatoms. The van der Waals surface area contributed by atoms with E-state index in [1.54, 1.807) is 4.57 Å². The van der Waals surface area contributed by atoms with Gasteiger partial charge in [0.1, 0.15) is 0 Å². The average molecular weight is 444 g/mol. The van der Waals surface area contributed by atoms with Crippen molar-refractivity contribution in [3.8, 4) is 0 Å². The highest BCUT2D eigenvalue weighted by Gasteiger charge is 2.17. The highest BCUT2D eigenvalue weighted by atomic mass is 32.2. The van der Waals surface area contributed by atoms with E-state index in [1.807, 2.05) is 24.3 Å². The number of hydrogen-bond donors (Lipinski definition) is 0. The Balaban J connectivity index is 1.87. The minimum absolute atomic E-state index is 0.00540. The zero-order valence-electron chi connectivity index (χ0n) is 19.3. The fourth-order valence-corrected chi connectivity index (χ4v) is 4.56. The molecule has 0 spiro atoms. The van der Waals surface area contributed by atoms with Crippen LogP contribution in [-0.4, -0.2) is 43.2 Å². The quantitative estimate of drug-likeness (QED) is 0.340. The standard InChI is InChI=1S/C23H33N5O2S/c1-15(2)13-21-25-20(26-30-21)14-31-23-24-19-10-8-7-9-18(19)22(29)28(23)12-11-27(16(3)4)17(5)6/h7-10,15-17H,11-14H2,1-6H3. The van der Waals surface area contributed by atoms with Gasteiger partial charge in [0.25, 0.3) is 5.56 Å². The summed E-state index contributed by atoms with van der Waals surface area (Å²) in [6.45, 7) is 14.3. The molecule has 1 aromatic carbocycles. The lowest BCUT2D eigenvalue weighted by Crippen LogP contribution is -2.40. The molecule has 0 radical (unpaired) electrons. The topological polar surface area (TPSA) is 77.1 Å². The summed E-state index contributed by atoms with van der Waals surface area (Å²) in [5, 5.41) is 5.42. The molecule has 3 aromatic rings. The first-order valence-corrected chi connectivity index (χ1v) is 11.9. The molecule has 0 N–H and O–H groups in total. The first-order chi connectivity index (χ1) is 14.8. The van der Waals surface area contributed by atoms with Gasteiger partial charge < -0.3 is 4.52 Å². The Morgan fingerprint density at radius 1 is 1.06 bits per heavy atom. The maximum Gasteiger partial charge on any atom is 0.262 e. The van der Waals surface area contributed by atoms with Gasteiger partial charge in [-0.25, -0.2) is 4.98 Å². The largest absolute Gasteiger partial charge is 0.339 e. The van der Waals surface area contributed by atoms with E-state index >= 15 is 0 Å². The fraction of sp³-hybridized carbons (Fsp3) is 0.565. The molecule has 0 aliphatic carbocycles. The number of thioether (sulfide) groups is 1. The average Bonchev–Trinajstić information content (AvgIpc) is 3.14. The van der Waals surface area contributed by atoms with Gasteiger partial charge in [-0.2, -0.15) is 4.98 Å². The predicted octanol–water partition coefficient (Wildman–Crippen LogP) is 4.39. The van der Waals surface area contributed by atoms with Crippen LogP contribution < -0.4 is 5.56 Å². The summed E-state index contributed by atoms with van der Waals surface area (Å²) in [6.07, 6.45) is 0.761. The molecule has 3 rings (SSSR count). The number of hydrogen-bond acceptors (Lipinski definition) is 7. The van der Waals surface area contributed by atoms with Gasteiger partial charge in [-0.15, -0.1) is 0 Å². The van der Waals surface area contributed by atoms with Crippen molar-refractivity contribution in [1.29, 1.82) is 0 Å². The summed E-state index contributed by atoms with van der Waals surface area (Å²) in [5.74, 6) is 2.24. The minimum atomic E-state index is -0.00540. The number of benzene rings is 1. The number of nitrogens with zero attached hydrogens (tertiary/aromatic N) is 5. The summed E-state index contributed by atoms with van der Waals surface area (Å²) in [6, 6.07) is 8.32. The van der Waals surface area contributed by atoms with Crippen LogP contribution in [0, 0.1) is 5.92 Å². The van der Waals surface area contributed by atoms with E-state index in [-0.39, 0.29) is 5.56 Å². The van der Waals surface area contributed by atoms with Crippen molar-refractivity contribution in [3.63, 3.8) is 0 Å². The molecule has 168 valence electrons. The lowest BCUT2D eigenvalue weighted by molar-refractivity contribution is 0.166. The predicted molar refractivity (Wildman–Crippen MR) is 125 cm³/mol. The van der Waals surface area contributed by atoms with E-state index in [1.165, 1.54) is 11.8 Å². The second-order valence-corrected chi connectivity index (χ2v) is 9.73. The lowest BCUT2D eigenvalue weighted by atomic mass is 10.1. The number of aromatic nitrogens is 4. The van der Waals surface area contributed by atoms with E-state index < -0.39 is 0 Å². The molecule has 31 heavy (non-hydrogen) atoms. The Kier molecular flexibility index (Phi) is 7.89. The zero-order valence-corrected chi connectivity index (χ0v) is 20.1. The van der Waals surface area contributed by atoms with Gasteiger partial charge >= 0.3 is 0 Å². The van der Waals surface area contributed by atoms with Crippen LogP contribution in [-0.2, 0) is 18.7 Å². The van der Waals surface area contributed by atoms with Crippen LogP contribution in [0.2, 0.25) is 0 Å². The molecule has 0 bridgehead atoms. The molecule has 0 saturated carbocycles. The van der Waals surface area contributed by atoms with Gasteiger partial charge in [0.2, 0.25) is 5.89 Å². The molecule has 0 unspecified atom stereocenters. The fourth-order valence-electron chi connectivity index (χ4n) is 3.69. The van der Waals surface area contributed by atoms with Gasteiger partial charge in [-0.05, 0) is 45.7 Å². The first kappa shape index (κ1) is 23.5. The van der Waals surface area contributed by atoms with Gasteiger partial charge in [0, 0.05) is 31.6 Å². The maximum absolute atomic E-state index is 13.3. The molecule has 0 saturated heterocycles. The smallest absolute Gasteiger partial charge is 0.262 e. The van der Waals surface area contributed by atoms with Crippen molar-refractivity contribution in [2.45, 2.75) is 77.5 Å². The van der Waals surface area contributed by atoms with Gasteiger partial charge in [0.05, 0.1) is 16.7 Å². The van der Waals surface area contributed by atoms with Crippen molar-refractivity contribution in [2.24, 2.45) is 5.92 Å². The zero-order chi connectivity index (χ0) is 22.5. The van der Waals surface area contributed by atoms with Crippen molar-refractivity contribution in [1.82, 2.24) is 24.6 Å². The number of rotatable bonds is 10. The lowest BCUT2D eigenvalue weighted by Gasteiger charge is -2.30. The van der Waals surface area contributed by atoms with Crippen molar-refractivity contribution in [2.75, 3.05) is 6.54 Å². The Bertz CT molecular complexity index is 1050. The minimum Gasteiger partial charge on any atom is -0.339 e. The van der Waals surface area contributed by atoms with Crippen molar-refractivity contribution >= 4 is 22.7 Å². The first-order valence-electron chi connectivity index (χ1n) is 11.0. The second kappa shape index (κ2) is 10.4. The van der Waals surface area contributed by atoms with Crippen LogP contribution in [0.1, 0.15) is 53.3 Å². The second-order valence-electron chi connectivity index (χ2n) is 8.78. The molecule has 0 amide bonds. The van der Waals surface area contributed by atoms with E-state index in [0.29, 0.717) is 58.1 Å². The van der Waals surface area contributed by atoms with Gasteiger partial charge in [-0.3, -0.25) is 14.3 Å². The molecule has 0 aliphatic heterocycles. The Morgan fingerprint density at radius 3 is 2.45 bits per heavy atom. The van der Waals surface area contributed by atoms with Gasteiger partial charge in [-0.1, -0.05) is 42.9 Å². The third-order valence-electron chi connectivity index (χ3n) is 5.16. The summed E-state index contributed by atoms with van der Waals surface area (Å²) < 4.78 is 7.14. The third-order valence-corrected chi connectivity index (χ3v) is 6.13. The normalized spacial score (nSPS) is 12.2. The van der Waals surface area contributed by atoms with Crippen LogP contribution in [0.5, 0.6) is 0 Å². The summed E-state index contributed by atoms with van der Waals surface area (Å²) in [7, 11) is 0. The SMILES string of the molecule is CC(C)Cc1nc(CSc2nc3ccccc3c(=O)n2CCN(C(C)C)C(C)C)no1. The monoisotopic (exact) mass is 443 g/mol. The summed E-state index contributed by atoms with van der Waals surface area (Å²) >= 11 is 1.48. The van der Waals surface area contributed by atoms with Crippen LogP contribution in [0.25, 0.3) is 10.9 Å². The maximum atomic E-state index is 13.3. The molecule has 0 atom stereocenters. The van der Waals surface area contributed by atoms with E-state index in [9.17, 15) is 4.79 Å². The van der Waals surface area contributed by atoms with E-state index in [0.717, 1.165) is 13.0 Å². The van der Waals surface area contributed by atoms with Crippen LogP contribution in [0.15, 0.2) is 38.7 Å². The van der Waals surface area contributed by atoms with E-state index in [2.05, 4.69) is 56.6 Å². The third kappa shape index (κ3) is 5.95. The van der Waals surface area contributed by atoms with Crippen LogP contribution >= 0.6 is 11.8 Å². The summed E-state index contributed by atoms with van der Waals surface area (Å²) in [4.78, 5) is 24.9. The molecule has 2 aromatic heterocycles. The Morgan fingerprint density at radius 2 is 1.77 bits per heavy atom. The molecular formula is C23H33N5O2S. The van der Waals surface area contributed by atoms with Gasteiger partial charge in [0.15, 0.2) is 11.0 Å². The number of fused-ring (bicyclic) bond motifs is 1. The summed E-state index contributed by atoms with van der Waals surface area (Å²) in [5.41, 5.74) is 0.707. The van der Waals surface area contributed by atoms with Crippen molar-refractivity contribution in [3.05, 3.63) is 46.3 Å². The molecule has 0 aliphatic rings. The molecule has 7 nitrogen and oxygen atoms in total. The molecule has 0 fully saturated rings. The number of para-hydroxylation sites is 1. The van der Waals surface area contributed by atoms with Crippen LogP contribution in [0.4, 0.5) is 0 Å². The Labute approximate surface area is 188 Å². The van der Waals surface area contributed by atoms with E-state index in [4.69, 9.17) is 9.51 Å².